The molecule has 0 radical (unpaired) electrons. The van der Waals surface area contributed by atoms with Crippen molar-refractivity contribution in [3.63, 3.8) is 0 Å². The average Bonchev–Trinajstić information content (AvgIpc) is 2.35. The molecule has 16 heavy (non-hydrogen) atoms. The van der Waals surface area contributed by atoms with Crippen molar-refractivity contribution in [2.24, 2.45) is 0 Å². The first-order chi connectivity index (χ1) is 7.71. The second-order valence-corrected chi connectivity index (χ2v) is 5.50. The molecule has 0 aromatic heterocycles. The van der Waals surface area contributed by atoms with Crippen LogP contribution >= 0.6 is 11.8 Å². The Labute approximate surface area is 103 Å². The average molecular weight is 245 g/mol. The number of esters is 1. The van der Waals surface area contributed by atoms with Gasteiger partial charge in [-0.05, 0) is 38.4 Å². The molecule has 1 saturated carbocycles. The van der Waals surface area contributed by atoms with Crippen molar-refractivity contribution >= 4 is 17.7 Å². The lowest BCUT2D eigenvalue weighted by molar-refractivity contribution is -0.143. The van der Waals surface area contributed by atoms with Crippen LogP contribution in [0, 0.1) is 0 Å². The molecule has 94 valence electrons. The Hall–Kier alpha value is -0.220. The largest absolute Gasteiger partial charge is 0.468 e. The number of ether oxygens (including phenoxy) is 1. The summed E-state index contributed by atoms with van der Waals surface area (Å²) in [5.41, 5.74) is 0. The highest BCUT2D eigenvalue weighted by atomic mass is 32.2. The van der Waals surface area contributed by atoms with Gasteiger partial charge in [0.05, 0.1) is 7.11 Å². The van der Waals surface area contributed by atoms with Gasteiger partial charge in [0.1, 0.15) is 6.04 Å². The predicted molar refractivity (Wildman–Crippen MR) is 68.8 cm³/mol. The van der Waals surface area contributed by atoms with Crippen LogP contribution in [0.3, 0.4) is 0 Å². The lowest BCUT2D eigenvalue weighted by Crippen LogP contribution is -2.45. The van der Waals surface area contributed by atoms with Crippen molar-refractivity contribution in [3.05, 3.63) is 0 Å². The molecular weight excluding hydrogens is 222 g/mol. The first kappa shape index (κ1) is 13.8. The summed E-state index contributed by atoms with van der Waals surface area (Å²) in [5, 5.41) is 4.23. The highest BCUT2D eigenvalue weighted by Crippen LogP contribution is 2.27. The standard InChI is InChI=1S/C12H23NO2S/c1-4-11(12(14)15-2)13-9-5-7-10(16-3)8-6-9/h9-11,13H,4-8H2,1-3H3. The quantitative estimate of drug-likeness (QED) is 0.754. The third-order valence-corrected chi connectivity index (χ3v) is 4.48. The van der Waals surface area contributed by atoms with E-state index in [4.69, 9.17) is 4.74 Å². The van der Waals surface area contributed by atoms with Crippen LogP contribution in [0.1, 0.15) is 39.0 Å². The molecule has 3 nitrogen and oxygen atoms in total. The van der Waals surface area contributed by atoms with E-state index in [-0.39, 0.29) is 12.0 Å². The zero-order chi connectivity index (χ0) is 12.0. The predicted octanol–water partition coefficient (Wildman–Crippen LogP) is 2.20. The molecule has 1 unspecified atom stereocenters. The Balaban J connectivity index is 2.34. The summed E-state index contributed by atoms with van der Waals surface area (Å²) >= 11 is 1.96. The summed E-state index contributed by atoms with van der Waals surface area (Å²) in [6.07, 6.45) is 7.86. The van der Waals surface area contributed by atoms with Crippen molar-refractivity contribution in [1.82, 2.24) is 5.32 Å². The van der Waals surface area contributed by atoms with Gasteiger partial charge in [0.25, 0.3) is 0 Å². The van der Waals surface area contributed by atoms with Crippen LogP contribution in [0.15, 0.2) is 0 Å². The number of hydrogen-bond acceptors (Lipinski definition) is 4. The molecule has 4 heteroatoms. The number of carbonyl (C=O) groups excluding carboxylic acids is 1. The minimum atomic E-state index is -0.130. The van der Waals surface area contributed by atoms with E-state index in [1.54, 1.807) is 0 Å². The molecule has 1 atom stereocenters. The summed E-state index contributed by atoms with van der Waals surface area (Å²) in [4.78, 5) is 11.4. The van der Waals surface area contributed by atoms with E-state index in [2.05, 4.69) is 11.6 Å². The topological polar surface area (TPSA) is 38.3 Å². The Kier molecular flexibility index (Phi) is 6.21. The highest BCUT2D eigenvalue weighted by Gasteiger charge is 2.25. The highest BCUT2D eigenvalue weighted by molar-refractivity contribution is 7.99. The van der Waals surface area contributed by atoms with Gasteiger partial charge in [-0.25, -0.2) is 0 Å². The molecular formula is C12H23NO2S. The molecule has 0 saturated heterocycles. The molecule has 0 aromatic carbocycles. The fourth-order valence-electron chi connectivity index (χ4n) is 2.24. The van der Waals surface area contributed by atoms with E-state index < -0.39 is 0 Å². The van der Waals surface area contributed by atoms with E-state index in [1.165, 1.54) is 32.8 Å². The fraction of sp³-hybridized carbons (Fsp3) is 0.917. The van der Waals surface area contributed by atoms with Gasteiger partial charge in [0.2, 0.25) is 0 Å². The van der Waals surface area contributed by atoms with E-state index in [0.717, 1.165) is 11.7 Å². The van der Waals surface area contributed by atoms with Crippen LogP contribution < -0.4 is 5.32 Å². The molecule has 0 spiro atoms. The summed E-state index contributed by atoms with van der Waals surface area (Å²) < 4.78 is 4.78. The van der Waals surface area contributed by atoms with Crippen LogP contribution in [-0.2, 0) is 9.53 Å². The third kappa shape index (κ3) is 3.98. The van der Waals surface area contributed by atoms with Crippen LogP contribution in [0.4, 0.5) is 0 Å². The first-order valence-electron chi connectivity index (χ1n) is 6.07. The minimum absolute atomic E-state index is 0.124. The maximum absolute atomic E-state index is 11.4. The Bertz CT molecular complexity index is 215. The number of carbonyl (C=O) groups is 1. The van der Waals surface area contributed by atoms with Gasteiger partial charge in [-0.2, -0.15) is 11.8 Å². The maximum Gasteiger partial charge on any atom is 0.322 e. The van der Waals surface area contributed by atoms with Gasteiger partial charge >= 0.3 is 5.97 Å². The number of rotatable bonds is 5. The summed E-state index contributed by atoms with van der Waals surface area (Å²) in [7, 11) is 1.46. The second-order valence-electron chi connectivity index (χ2n) is 4.36. The molecule has 1 aliphatic rings. The van der Waals surface area contributed by atoms with Crippen molar-refractivity contribution in [2.45, 2.75) is 56.4 Å². The molecule has 0 heterocycles. The molecule has 0 bridgehead atoms. The first-order valence-corrected chi connectivity index (χ1v) is 7.36. The molecule has 0 amide bonds. The van der Waals surface area contributed by atoms with E-state index in [9.17, 15) is 4.79 Å². The second kappa shape index (κ2) is 7.17. The van der Waals surface area contributed by atoms with Crippen LogP contribution in [0.5, 0.6) is 0 Å². The summed E-state index contributed by atoms with van der Waals surface area (Å²) in [6.45, 7) is 2.02. The molecule has 1 fully saturated rings. The number of hydrogen-bond donors (Lipinski definition) is 1. The monoisotopic (exact) mass is 245 g/mol. The lowest BCUT2D eigenvalue weighted by atomic mass is 9.94. The molecule has 0 aliphatic heterocycles. The van der Waals surface area contributed by atoms with Gasteiger partial charge in [-0.1, -0.05) is 6.92 Å². The molecule has 1 rings (SSSR count). The Morgan fingerprint density at radius 1 is 1.44 bits per heavy atom. The zero-order valence-corrected chi connectivity index (χ0v) is 11.3. The van der Waals surface area contributed by atoms with Gasteiger partial charge in [-0.15, -0.1) is 0 Å². The van der Waals surface area contributed by atoms with Crippen LogP contribution in [0.2, 0.25) is 0 Å². The zero-order valence-electron chi connectivity index (χ0n) is 10.5. The number of methoxy groups -OCH3 is 1. The van der Waals surface area contributed by atoms with Crippen LogP contribution in [-0.4, -0.2) is 36.7 Å². The molecule has 1 aliphatic carbocycles. The van der Waals surface area contributed by atoms with Gasteiger partial charge in [0.15, 0.2) is 0 Å². The summed E-state index contributed by atoms with van der Waals surface area (Å²) in [5.74, 6) is -0.130. The number of nitrogens with one attached hydrogen (secondary N) is 1. The SMILES string of the molecule is CCC(NC1CCC(SC)CC1)C(=O)OC. The lowest BCUT2D eigenvalue weighted by Gasteiger charge is -2.30. The molecule has 0 aromatic rings. The van der Waals surface area contributed by atoms with Gasteiger partial charge < -0.3 is 10.1 Å². The molecule has 1 N–H and O–H groups in total. The van der Waals surface area contributed by atoms with Gasteiger partial charge in [0, 0.05) is 11.3 Å². The van der Waals surface area contributed by atoms with Crippen molar-refractivity contribution in [2.75, 3.05) is 13.4 Å². The van der Waals surface area contributed by atoms with Crippen LogP contribution in [0.25, 0.3) is 0 Å². The van der Waals surface area contributed by atoms with E-state index in [0.29, 0.717) is 6.04 Å². The maximum atomic E-state index is 11.4. The van der Waals surface area contributed by atoms with E-state index in [1.807, 2.05) is 18.7 Å². The van der Waals surface area contributed by atoms with Crippen molar-refractivity contribution in [3.8, 4) is 0 Å². The number of thioether (sulfide) groups is 1. The minimum Gasteiger partial charge on any atom is -0.468 e. The normalized spacial score (nSPS) is 27.4. The summed E-state index contributed by atoms with van der Waals surface area (Å²) in [6, 6.07) is 0.369. The Morgan fingerprint density at radius 2 is 2.06 bits per heavy atom. The smallest absolute Gasteiger partial charge is 0.322 e. The van der Waals surface area contributed by atoms with Gasteiger partial charge in [-0.3, -0.25) is 4.79 Å². The Morgan fingerprint density at radius 3 is 2.50 bits per heavy atom. The van der Waals surface area contributed by atoms with E-state index >= 15 is 0 Å². The van der Waals surface area contributed by atoms with Crippen molar-refractivity contribution in [1.29, 1.82) is 0 Å². The van der Waals surface area contributed by atoms with Crippen molar-refractivity contribution < 1.29 is 9.53 Å². The third-order valence-electron chi connectivity index (χ3n) is 3.34. The fourth-order valence-corrected chi connectivity index (χ4v) is 2.99.